The van der Waals surface area contributed by atoms with E-state index in [1.165, 1.54) is 18.2 Å². The number of sulfone groups is 1. The topological polar surface area (TPSA) is 54.4 Å². The molecule has 0 spiro atoms. The number of allylic oxidation sites excluding steroid dienone is 1. The summed E-state index contributed by atoms with van der Waals surface area (Å²) in [6.45, 7) is 5.90. The van der Waals surface area contributed by atoms with E-state index in [1.807, 2.05) is 23.5 Å². The standard InChI is InChI=1S/C14H26O3S3/c1-12(2)10-14(18-7-5-8-19-14)11-13(3,15)6-9-20(4,16)17/h10,15H,5-9,11H2,1-4H3. The predicted molar refractivity (Wildman–Crippen MR) is 91.3 cm³/mol. The van der Waals surface area contributed by atoms with Crippen molar-refractivity contribution >= 4 is 33.4 Å². The van der Waals surface area contributed by atoms with Crippen LogP contribution in [0.25, 0.3) is 0 Å². The van der Waals surface area contributed by atoms with Gasteiger partial charge in [-0.3, -0.25) is 0 Å². The molecular weight excluding hydrogens is 312 g/mol. The van der Waals surface area contributed by atoms with Gasteiger partial charge in [0.1, 0.15) is 9.84 Å². The first kappa shape index (κ1) is 18.4. The third kappa shape index (κ3) is 6.87. The molecule has 0 saturated carbocycles. The molecule has 3 nitrogen and oxygen atoms in total. The summed E-state index contributed by atoms with van der Waals surface area (Å²) in [6.07, 6.45) is 5.54. The molecule has 1 rings (SSSR count). The van der Waals surface area contributed by atoms with E-state index in [0.29, 0.717) is 12.8 Å². The number of thioether (sulfide) groups is 2. The summed E-state index contributed by atoms with van der Waals surface area (Å²) < 4.78 is 22.5. The van der Waals surface area contributed by atoms with Crippen LogP contribution in [0.2, 0.25) is 0 Å². The minimum atomic E-state index is -3.03. The lowest BCUT2D eigenvalue weighted by molar-refractivity contribution is 0.0478. The Morgan fingerprint density at radius 3 is 2.35 bits per heavy atom. The maximum absolute atomic E-state index is 11.3. The largest absolute Gasteiger partial charge is 0.390 e. The fourth-order valence-corrected chi connectivity index (χ4v) is 6.85. The van der Waals surface area contributed by atoms with Crippen LogP contribution in [0, 0.1) is 0 Å². The summed E-state index contributed by atoms with van der Waals surface area (Å²) in [5, 5.41) is 10.6. The molecule has 0 aromatic carbocycles. The monoisotopic (exact) mass is 338 g/mol. The van der Waals surface area contributed by atoms with E-state index >= 15 is 0 Å². The zero-order valence-corrected chi connectivity index (χ0v) is 15.3. The smallest absolute Gasteiger partial charge is 0.147 e. The molecular formula is C14H26O3S3. The molecule has 1 atom stereocenters. The van der Waals surface area contributed by atoms with Gasteiger partial charge in [-0.2, -0.15) is 0 Å². The van der Waals surface area contributed by atoms with Crippen LogP contribution in [0.5, 0.6) is 0 Å². The van der Waals surface area contributed by atoms with Crippen LogP contribution in [0.4, 0.5) is 0 Å². The minimum Gasteiger partial charge on any atom is -0.390 e. The molecule has 1 aliphatic heterocycles. The lowest BCUT2D eigenvalue weighted by Gasteiger charge is -2.39. The number of aliphatic hydroxyl groups is 1. The van der Waals surface area contributed by atoms with Gasteiger partial charge in [-0.1, -0.05) is 11.6 Å². The number of hydrogen-bond donors (Lipinski definition) is 1. The van der Waals surface area contributed by atoms with E-state index in [2.05, 4.69) is 19.9 Å². The van der Waals surface area contributed by atoms with Gasteiger partial charge in [0.25, 0.3) is 0 Å². The van der Waals surface area contributed by atoms with Crippen LogP contribution in [0.3, 0.4) is 0 Å². The van der Waals surface area contributed by atoms with Crippen LogP contribution >= 0.6 is 23.5 Å². The van der Waals surface area contributed by atoms with Crippen LogP contribution in [-0.2, 0) is 9.84 Å². The highest BCUT2D eigenvalue weighted by atomic mass is 32.2. The van der Waals surface area contributed by atoms with Crippen molar-refractivity contribution in [2.45, 2.75) is 49.7 Å². The second kappa shape index (κ2) is 7.07. The van der Waals surface area contributed by atoms with E-state index in [4.69, 9.17) is 0 Å². The van der Waals surface area contributed by atoms with Gasteiger partial charge in [0, 0.05) is 12.7 Å². The molecule has 20 heavy (non-hydrogen) atoms. The Labute approximate surface area is 131 Å². The summed E-state index contributed by atoms with van der Waals surface area (Å²) in [6, 6.07) is 0. The van der Waals surface area contributed by atoms with E-state index in [0.717, 1.165) is 11.5 Å². The Balaban J connectivity index is 2.80. The fraction of sp³-hybridized carbons (Fsp3) is 0.857. The molecule has 1 saturated heterocycles. The zero-order valence-electron chi connectivity index (χ0n) is 12.8. The molecule has 0 radical (unpaired) electrons. The highest BCUT2D eigenvalue weighted by Crippen LogP contribution is 2.49. The summed E-state index contributed by atoms with van der Waals surface area (Å²) in [4.78, 5) is 0. The molecule has 0 bridgehead atoms. The van der Waals surface area contributed by atoms with Crippen LogP contribution in [0.15, 0.2) is 11.6 Å². The van der Waals surface area contributed by atoms with E-state index in [9.17, 15) is 13.5 Å². The minimum absolute atomic E-state index is 0.0419. The molecule has 0 aliphatic carbocycles. The third-order valence-electron chi connectivity index (χ3n) is 3.13. The second-order valence-corrected chi connectivity index (χ2v) is 11.5. The number of hydrogen-bond acceptors (Lipinski definition) is 5. The maximum atomic E-state index is 11.3. The lowest BCUT2D eigenvalue weighted by atomic mass is 9.96. The Bertz CT molecular complexity index is 442. The van der Waals surface area contributed by atoms with Crippen LogP contribution in [0.1, 0.15) is 40.0 Å². The van der Waals surface area contributed by atoms with Gasteiger partial charge >= 0.3 is 0 Å². The quantitative estimate of drug-likeness (QED) is 0.754. The van der Waals surface area contributed by atoms with Crippen molar-refractivity contribution < 1.29 is 13.5 Å². The molecule has 0 amide bonds. The predicted octanol–water partition coefficient (Wildman–Crippen LogP) is 3.09. The Hall–Kier alpha value is 0.350. The molecule has 1 aliphatic rings. The molecule has 1 unspecified atom stereocenters. The summed E-state index contributed by atoms with van der Waals surface area (Å²) in [5.74, 6) is 2.23. The van der Waals surface area contributed by atoms with E-state index in [1.54, 1.807) is 6.92 Å². The molecule has 1 heterocycles. The normalized spacial score (nSPS) is 22.1. The van der Waals surface area contributed by atoms with Crippen LogP contribution in [-0.4, -0.2) is 46.7 Å². The fourth-order valence-electron chi connectivity index (χ4n) is 2.29. The Morgan fingerprint density at radius 1 is 1.35 bits per heavy atom. The number of rotatable bonds is 6. The van der Waals surface area contributed by atoms with E-state index < -0.39 is 15.4 Å². The molecule has 118 valence electrons. The third-order valence-corrected chi connectivity index (χ3v) is 7.27. The van der Waals surface area contributed by atoms with Crippen molar-refractivity contribution in [1.29, 1.82) is 0 Å². The first-order valence-electron chi connectivity index (χ1n) is 6.88. The van der Waals surface area contributed by atoms with Crippen molar-refractivity contribution in [3.05, 3.63) is 11.6 Å². The summed E-state index contributed by atoms with van der Waals surface area (Å²) in [7, 11) is -3.03. The highest BCUT2D eigenvalue weighted by molar-refractivity contribution is 8.19. The highest BCUT2D eigenvalue weighted by Gasteiger charge is 2.38. The van der Waals surface area contributed by atoms with Crippen molar-refractivity contribution in [3.8, 4) is 0 Å². The Kier molecular flexibility index (Phi) is 6.51. The molecule has 1 fully saturated rings. The second-order valence-electron chi connectivity index (χ2n) is 6.14. The first-order chi connectivity index (χ1) is 9.04. The summed E-state index contributed by atoms with van der Waals surface area (Å²) in [5.41, 5.74) is 0.289. The lowest BCUT2D eigenvalue weighted by Crippen LogP contribution is -2.37. The Morgan fingerprint density at radius 2 is 1.90 bits per heavy atom. The van der Waals surface area contributed by atoms with Gasteiger partial charge in [0.15, 0.2) is 0 Å². The van der Waals surface area contributed by atoms with Crippen molar-refractivity contribution in [1.82, 2.24) is 0 Å². The SMILES string of the molecule is CC(C)=CC1(CC(C)(O)CCS(C)(=O)=O)SCCCS1. The van der Waals surface area contributed by atoms with Crippen molar-refractivity contribution in [2.75, 3.05) is 23.5 Å². The molecule has 1 N–H and O–H groups in total. The van der Waals surface area contributed by atoms with Gasteiger partial charge < -0.3 is 5.11 Å². The average molecular weight is 339 g/mol. The van der Waals surface area contributed by atoms with Gasteiger partial charge in [-0.15, -0.1) is 23.5 Å². The van der Waals surface area contributed by atoms with E-state index in [-0.39, 0.29) is 9.83 Å². The van der Waals surface area contributed by atoms with Crippen LogP contribution < -0.4 is 0 Å². The maximum Gasteiger partial charge on any atom is 0.147 e. The summed E-state index contributed by atoms with van der Waals surface area (Å²) >= 11 is 3.75. The van der Waals surface area contributed by atoms with Gasteiger partial charge in [-0.05, 0) is 45.1 Å². The van der Waals surface area contributed by atoms with Crippen molar-refractivity contribution in [3.63, 3.8) is 0 Å². The van der Waals surface area contributed by atoms with Gasteiger partial charge in [0.2, 0.25) is 0 Å². The van der Waals surface area contributed by atoms with Crippen molar-refractivity contribution in [2.24, 2.45) is 0 Å². The molecule has 0 aromatic heterocycles. The first-order valence-corrected chi connectivity index (χ1v) is 10.9. The molecule has 0 aromatic rings. The van der Waals surface area contributed by atoms with Gasteiger partial charge in [0.05, 0.1) is 15.4 Å². The molecule has 6 heteroatoms. The zero-order chi connectivity index (χ0) is 15.4. The average Bonchev–Trinajstić information content (AvgIpc) is 2.25. The van der Waals surface area contributed by atoms with Gasteiger partial charge in [-0.25, -0.2) is 8.42 Å².